The fourth-order valence-electron chi connectivity index (χ4n) is 1.65. The molecule has 0 aromatic heterocycles. The second kappa shape index (κ2) is 3.65. The number of rotatable bonds is 1. The van der Waals surface area contributed by atoms with Crippen molar-refractivity contribution in [3.8, 4) is 0 Å². The van der Waals surface area contributed by atoms with Gasteiger partial charge in [0, 0.05) is 13.1 Å². The molecule has 1 aromatic rings. The summed E-state index contributed by atoms with van der Waals surface area (Å²) in [4.78, 5) is 13.3. The van der Waals surface area contributed by atoms with Crippen LogP contribution in [0.5, 0.6) is 0 Å². The lowest BCUT2D eigenvalue weighted by Gasteiger charge is -2.18. The number of carbonyl (C=O) groups excluding carboxylic acids is 1. The third-order valence-corrected chi connectivity index (χ3v) is 4.10. The van der Waals surface area contributed by atoms with Crippen LogP contribution in [0.1, 0.15) is 17.7 Å². The summed E-state index contributed by atoms with van der Waals surface area (Å²) in [5.41, 5.74) is 1.24. The number of nitrogens with zero attached hydrogens (tertiary/aromatic N) is 1. The van der Waals surface area contributed by atoms with Crippen molar-refractivity contribution in [3.05, 3.63) is 35.9 Å². The molecule has 2 unspecified atom stereocenters. The minimum absolute atomic E-state index is 0.173. The minimum atomic E-state index is 0.173. The van der Waals surface area contributed by atoms with E-state index in [0.717, 1.165) is 0 Å². The van der Waals surface area contributed by atoms with Crippen LogP contribution in [-0.4, -0.2) is 23.2 Å². The van der Waals surface area contributed by atoms with Gasteiger partial charge in [0.25, 0.3) is 5.24 Å². The van der Waals surface area contributed by atoms with E-state index in [-0.39, 0.29) is 16.5 Å². The van der Waals surface area contributed by atoms with Gasteiger partial charge in [0.05, 0.1) is 5.25 Å². The lowest BCUT2D eigenvalue weighted by molar-refractivity contribution is 0.225. The maximum Gasteiger partial charge on any atom is 0.282 e. The van der Waals surface area contributed by atoms with Gasteiger partial charge < -0.3 is 4.90 Å². The molecule has 1 aliphatic heterocycles. The molecule has 1 saturated heterocycles. The van der Waals surface area contributed by atoms with Gasteiger partial charge in [-0.15, -0.1) is 0 Å². The molecule has 2 nitrogen and oxygen atoms in total. The lowest BCUT2D eigenvalue weighted by atomic mass is 10.1. The highest BCUT2D eigenvalue weighted by molar-refractivity contribution is 8.14. The third kappa shape index (κ3) is 1.52. The summed E-state index contributed by atoms with van der Waals surface area (Å²) in [6.07, 6.45) is 0. The Hall–Kier alpha value is -0.960. The molecule has 3 heteroatoms. The van der Waals surface area contributed by atoms with E-state index in [4.69, 9.17) is 0 Å². The zero-order chi connectivity index (χ0) is 10.1. The summed E-state index contributed by atoms with van der Waals surface area (Å²) in [5.74, 6) is 0. The van der Waals surface area contributed by atoms with Crippen molar-refractivity contribution in [2.45, 2.75) is 18.2 Å². The highest BCUT2D eigenvalue weighted by Crippen LogP contribution is 2.41. The SMILES string of the molecule is CC1C(c2ccccc2)SC(=O)N1C. The molecule has 0 spiro atoms. The van der Waals surface area contributed by atoms with Crippen molar-refractivity contribution in [2.24, 2.45) is 0 Å². The van der Waals surface area contributed by atoms with E-state index in [1.54, 1.807) is 0 Å². The molecule has 0 saturated carbocycles. The van der Waals surface area contributed by atoms with E-state index >= 15 is 0 Å². The summed E-state index contributed by atoms with van der Waals surface area (Å²) in [6, 6.07) is 10.5. The number of likely N-dealkylation sites (N-methyl/N-ethyl adjacent to an activating group) is 1. The Morgan fingerprint density at radius 1 is 1.29 bits per heavy atom. The Morgan fingerprint density at radius 3 is 2.43 bits per heavy atom. The number of amides is 1. The summed E-state index contributed by atoms with van der Waals surface area (Å²) >= 11 is 1.42. The molecule has 1 fully saturated rings. The van der Waals surface area contributed by atoms with Crippen LogP contribution < -0.4 is 0 Å². The summed E-state index contributed by atoms with van der Waals surface area (Å²) in [7, 11) is 1.86. The number of carbonyl (C=O) groups is 1. The van der Waals surface area contributed by atoms with Gasteiger partial charge in [0.1, 0.15) is 0 Å². The summed E-state index contributed by atoms with van der Waals surface area (Å²) in [5, 5.41) is 0.458. The van der Waals surface area contributed by atoms with Crippen molar-refractivity contribution < 1.29 is 4.79 Å². The zero-order valence-corrected chi connectivity index (χ0v) is 9.12. The number of benzene rings is 1. The maximum atomic E-state index is 11.5. The highest BCUT2D eigenvalue weighted by atomic mass is 32.2. The summed E-state index contributed by atoms with van der Waals surface area (Å²) in [6.45, 7) is 2.09. The average molecular weight is 207 g/mol. The molecule has 74 valence electrons. The van der Waals surface area contributed by atoms with Crippen molar-refractivity contribution in [3.63, 3.8) is 0 Å². The van der Waals surface area contributed by atoms with Crippen LogP contribution in [0.25, 0.3) is 0 Å². The second-order valence-electron chi connectivity index (χ2n) is 3.57. The zero-order valence-electron chi connectivity index (χ0n) is 8.31. The van der Waals surface area contributed by atoms with Gasteiger partial charge >= 0.3 is 0 Å². The Labute approximate surface area is 88.3 Å². The predicted molar refractivity (Wildman–Crippen MR) is 59.4 cm³/mol. The van der Waals surface area contributed by atoms with Gasteiger partial charge in [-0.2, -0.15) is 0 Å². The summed E-state index contributed by atoms with van der Waals surface area (Å²) < 4.78 is 0. The van der Waals surface area contributed by atoms with E-state index < -0.39 is 0 Å². The third-order valence-electron chi connectivity index (χ3n) is 2.69. The van der Waals surface area contributed by atoms with Crippen LogP contribution in [0.2, 0.25) is 0 Å². The van der Waals surface area contributed by atoms with E-state index in [1.165, 1.54) is 17.3 Å². The van der Waals surface area contributed by atoms with E-state index in [1.807, 2.05) is 30.1 Å². The number of hydrogen-bond donors (Lipinski definition) is 0. The first-order valence-electron chi connectivity index (χ1n) is 4.68. The van der Waals surface area contributed by atoms with Crippen LogP contribution >= 0.6 is 11.8 Å². The Morgan fingerprint density at radius 2 is 1.93 bits per heavy atom. The van der Waals surface area contributed by atoms with Gasteiger partial charge in [-0.3, -0.25) is 4.79 Å². The topological polar surface area (TPSA) is 20.3 Å². The van der Waals surface area contributed by atoms with Gasteiger partial charge in [-0.05, 0) is 12.5 Å². The first-order chi connectivity index (χ1) is 6.70. The van der Waals surface area contributed by atoms with Crippen LogP contribution in [0.4, 0.5) is 4.79 Å². The monoisotopic (exact) mass is 207 g/mol. The van der Waals surface area contributed by atoms with Crippen LogP contribution in [0, 0.1) is 0 Å². The molecule has 2 atom stereocenters. The molecule has 14 heavy (non-hydrogen) atoms. The molecular weight excluding hydrogens is 194 g/mol. The molecule has 0 N–H and O–H groups in total. The molecular formula is C11H13NOS. The molecule has 1 aromatic carbocycles. The van der Waals surface area contributed by atoms with Crippen LogP contribution in [-0.2, 0) is 0 Å². The van der Waals surface area contributed by atoms with Gasteiger partial charge in [-0.25, -0.2) is 0 Å². The second-order valence-corrected chi connectivity index (χ2v) is 4.66. The molecule has 0 aliphatic carbocycles. The Balaban J connectivity index is 2.26. The normalized spacial score (nSPS) is 27.0. The highest BCUT2D eigenvalue weighted by Gasteiger charge is 2.35. The van der Waals surface area contributed by atoms with E-state index in [0.29, 0.717) is 0 Å². The lowest BCUT2D eigenvalue weighted by Crippen LogP contribution is -2.27. The first kappa shape index (κ1) is 9.59. The molecule has 1 amide bonds. The van der Waals surface area contributed by atoms with Crippen molar-refractivity contribution in [1.29, 1.82) is 0 Å². The Kier molecular flexibility index (Phi) is 2.50. The van der Waals surface area contributed by atoms with Crippen molar-refractivity contribution >= 4 is 17.0 Å². The molecule has 1 heterocycles. The van der Waals surface area contributed by atoms with E-state index in [2.05, 4.69) is 19.1 Å². The maximum absolute atomic E-state index is 11.5. The van der Waals surface area contributed by atoms with E-state index in [9.17, 15) is 4.79 Å². The van der Waals surface area contributed by atoms with Gasteiger partial charge in [0.2, 0.25) is 0 Å². The van der Waals surface area contributed by atoms with Gasteiger partial charge in [-0.1, -0.05) is 42.1 Å². The minimum Gasteiger partial charge on any atom is -0.332 e. The fourth-order valence-corrected chi connectivity index (χ4v) is 2.87. The molecule has 1 aliphatic rings. The van der Waals surface area contributed by atoms with Crippen molar-refractivity contribution in [1.82, 2.24) is 4.90 Å². The number of hydrogen-bond acceptors (Lipinski definition) is 2. The average Bonchev–Trinajstić information content (AvgIpc) is 2.47. The molecule has 0 bridgehead atoms. The largest absolute Gasteiger partial charge is 0.332 e. The first-order valence-corrected chi connectivity index (χ1v) is 5.56. The van der Waals surface area contributed by atoms with Crippen LogP contribution in [0.3, 0.4) is 0 Å². The fraction of sp³-hybridized carbons (Fsp3) is 0.364. The quantitative estimate of drug-likeness (QED) is 0.705. The smallest absolute Gasteiger partial charge is 0.282 e. The van der Waals surface area contributed by atoms with Crippen LogP contribution in [0.15, 0.2) is 30.3 Å². The van der Waals surface area contributed by atoms with Gasteiger partial charge in [0.15, 0.2) is 0 Å². The Bertz CT molecular complexity index is 338. The standard InChI is InChI=1S/C11H13NOS/c1-8-10(14-11(13)12(8)2)9-6-4-3-5-7-9/h3-8,10H,1-2H3. The predicted octanol–water partition coefficient (Wildman–Crippen LogP) is 2.91. The number of thioether (sulfide) groups is 1. The molecule has 2 rings (SSSR count). The van der Waals surface area contributed by atoms with Crippen molar-refractivity contribution in [2.75, 3.05) is 7.05 Å². The molecule has 0 radical (unpaired) electrons.